The Kier molecular flexibility index (Phi) is 4.30. The minimum atomic E-state index is -4.18. The van der Waals surface area contributed by atoms with Crippen LogP contribution in [0.5, 0.6) is 0 Å². The highest BCUT2D eigenvalue weighted by molar-refractivity contribution is 7.50. The summed E-state index contributed by atoms with van der Waals surface area (Å²) in [6.07, 6.45) is 2.94. The third-order valence-corrected chi connectivity index (χ3v) is 3.91. The molecule has 7 heteroatoms. The molecule has 0 fully saturated rings. The number of hydrogen-bond donors (Lipinski definition) is 2. The maximum Gasteiger partial charge on any atom is 0.329 e. The third-order valence-electron chi connectivity index (χ3n) is 3.13. The predicted octanol–water partition coefficient (Wildman–Crippen LogP) is 2.88. The fraction of sp³-hybridized carbons (Fsp3) is 0.0625. The van der Waals surface area contributed by atoms with E-state index in [1.165, 1.54) is 0 Å². The Bertz CT molecular complexity index is 793. The summed E-state index contributed by atoms with van der Waals surface area (Å²) in [4.78, 5) is 31.5. The number of hydrogen-bond acceptors (Lipinski definition) is 4. The first-order valence-electron chi connectivity index (χ1n) is 6.90. The first-order valence-corrected chi connectivity index (χ1v) is 8.69. The topological polar surface area (TPSA) is 96.2 Å². The monoisotopic (exact) mass is 327 g/mol. The van der Waals surface area contributed by atoms with E-state index < -0.39 is 7.60 Å². The standard InChI is InChI=1S/C16H14N3O3P/c20-23(21,22)11-12-9-15(13-5-1-3-7-17-13)19-16(10-12)14-6-2-4-8-18-14/h1-10H,11H2,(H2,20,21,22). The van der Waals surface area contributed by atoms with Crippen molar-refractivity contribution in [2.45, 2.75) is 6.16 Å². The molecule has 23 heavy (non-hydrogen) atoms. The van der Waals surface area contributed by atoms with Gasteiger partial charge < -0.3 is 9.79 Å². The summed E-state index contributed by atoms with van der Waals surface area (Å²) in [6, 6.07) is 14.1. The Morgan fingerprint density at radius 1 is 0.826 bits per heavy atom. The second kappa shape index (κ2) is 6.38. The van der Waals surface area contributed by atoms with E-state index in [9.17, 15) is 14.4 Å². The summed E-state index contributed by atoms with van der Waals surface area (Å²) in [6.45, 7) is 0. The number of nitrogens with zero attached hydrogens (tertiary/aromatic N) is 3. The molecule has 0 aliphatic carbocycles. The van der Waals surface area contributed by atoms with Gasteiger partial charge in [-0.1, -0.05) is 12.1 Å². The van der Waals surface area contributed by atoms with Crippen molar-refractivity contribution in [3.05, 3.63) is 66.5 Å². The fourth-order valence-corrected chi connectivity index (χ4v) is 2.87. The molecular formula is C16H14N3O3P. The lowest BCUT2D eigenvalue weighted by atomic mass is 10.1. The Balaban J connectivity index is 2.13. The van der Waals surface area contributed by atoms with Gasteiger partial charge >= 0.3 is 7.60 Å². The molecule has 0 spiro atoms. The van der Waals surface area contributed by atoms with Gasteiger partial charge in [0, 0.05) is 12.4 Å². The average Bonchev–Trinajstić information content (AvgIpc) is 2.55. The fourth-order valence-electron chi connectivity index (χ4n) is 2.21. The molecule has 3 rings (SSSR count). The van der Waals surface area contributed by atoms with E-state index in [0.29, 0.717) is 28.3 Å². The van der Waals surface area contributed by atoms with Gasteiger partial charge in [0.2, 0.25) is 0 Å². The molecule has 6 nitrogen and oxygen atoms in total. The predicted molar refractivity (Wildman–Crippen MR) is 86.4 cm³/mol. The van der Waals surface area contributed by atoms with Crippen LogP contribution >= 0.6 is 7.60 Å². The zero-order valence-electron chi connectivity index (χ0n) is 12.1. The summed E-state index contributed by atoms with van der Waals surface area (Å²) in [7, 11) is -4.18. The van der Waals surface area contributed by atoms with Gasteiger partial charge in [-0.2, -0.15) is 0 Å². The molecule has 0 aromatic carbocycles. The molecule has 0 radical (unpaired) electrons. The SMILES string of the molecule is O=P(O)(O)Cc1cc(-c2ccccn2)nc(-c2ccccn2)c1. The van der Waals surface area contributed by atoms with Gasteiger partial charge in [-0.25, -0.2) is 4.98 Å². The van der Waals surface area contributed by atoms with Gasteiger partial charge in [0.05, 0.1) is 28.9 Å². The van der Waals surface area contributed by atoms with Gasteiger partial charge in [0.15, 0.2) is 0 Å². The van der Waals surface area contributed by atoms with Gasteiger partial charge in [-0.05, 0) is 42.0 Å². The van der Waals surface area contributed by atoms with E-state index in [2.05, 4.69) is 15.0 Å². The van der Waals surface area contributed by atoms with Crippen molar-refractivity contribution in [3.63, 3.8) is 0 Å². The van der Waals surface area contributed by atoms with E-state index in [1.54, 1.807) is 48.8 Å². The smallest absolute Gasteiger partial charge is 0.324 e. The van der Waals surface area contributed by atoms with Gasteiger partial charge in [-0.3, -0.25) is 14.5 Å². The van der Waals surface area contributed by atoms with E-state index in [4.69, 9.17) is 0 Å². The molecule has 0 amide bonds. The highest BCUT2D eigenvalue weighted by Gasteiger charge is 2.17. The van der Waals surface area contributed by atoms with Gasteiger partial charge in [-0.15, -0.1) is 0 Å². The molecule has 2 N–H and O–H groups in total. The maximum atomic E-state index is 11.3. The molecule has 0 aliphatic rings. The maximum absolute atomic E-state index is 11.3. The van der Waals surface area contributed by atoms with Crippen LogP contribution < -0.4 is 0 Å². The Labute approximate surface area is 133 Å². The van der Waals surface area contributed by atoms with Gasteiger partial charge in [0.1, 0.15) is 0 Å². The summed E-state index contributed by atoms with van der Waals surface area (Å²) >= 11 is 0. The van der Waals surface area contributed by atoms with Crippen LogP contribution in [-0.4, -0.2) is 24.7 Å². The highest BCUT2D eigenvalue weighted by atomic mass is 31.2. The van der Waals surface area contributed by atoms with Gasteiger partial charge in [0.25, 0.3) is 0 Å². The number of pyridine rings is 3. The molecule has 0 bridgehead atoms. The second-order valence-electron chi connectivity index (χ2n) is 5.00. The van der Waals surface area contributed by atoms with Crippen LogP contribution in [0.15, 0.2) is 60.9 Å². The molecular weight excluding hydrogens is 313 g/mol. The van der Waals surface area contributed by atoms with Crippen LogP contribution in [0.1, 0.15) is 5.56 Å². The number of rotatable bonds is 4. The Morgan fingerprint density at radius 3 is 1.74 bits per heavy atom. The molecule has 116 valence electrons. The van der Waals surface area contributed by atoms with Crippen molar-refractivity contribution >= 4 is 7.60 Å². The average molecular weight is 327 g/mol. The van der Waals surface area contributed by atoms with Crippen molar-refractivity contribution in [2.75, 3.05) is 0 Å². The van der Waals surface area contributed by atoms with Crippen molar-refractivity contribution in [1.29, 1.82) is 0 Å². The van der Waals surface area contributed by atoms with E-state index in [1.807, 2.05) is 12.1 Å². The molecule has 3 aromatic rings. The Morgan fingerprint density at radius 2 is 1.35 bits per heavy atom. The first kappa shape index (κ1) is 15.5. The quantitative estimate of drug-likeness (QED) is 0.715. The van der Waals surface area contributed by atoms with Crippen molar-refractivity contribution in [3.8, 4) is 22.8 Å². The summed E-state index contributed by atoms with van der Waals surface area (Å²) in [5, 5.41) is 0. The minimum Gasteiger partial charge on any atom is -0.324 e. The molecule has 3 heterocycles. The highest BCUT2D eigenvalue weighted by Crippen LogP contribution is 2.40. The van der Waals surface area contributed by atoms with Crippen molar-refractivity contribution < 1.29 is 14.4 Å². The van der Waals surface area contributed by atoms with Crippen LogP contribution in [0.25, 0.3) is 22.8 Å². The third kappa shape index (κ3) is 4.07. The minimum absolute atomic E-state index is 0.352. The van der Waals surface area contributed by atoms with Crippen molar-refractivity contribution in [1.82, 2.24) is 15.0 Å². The zero-order valence-corrected chi connectivity index (χ0v) is 13.0. The molecule has 0 atom stereocenters. The Hall–Kier alpha value is -2.40. The molecule has 0 saturated heterocycles. The van der Waals surface area contributed by atoms with Crippen LogP contribution in [0.2, 0.25) is 0 Å². The van der Waals surface area contributed by atoms with E-state index >= 15 is 0 Å². The lowest BCUT2D eigenvalue weighted by molar-refractivity contribution is 0.372. The summed E-state index contributed by atoms with van der Waals surface area (Å²) in [5.41, 5.74) is 2.87. The van der Waals surface area contributed by atoms with E-state index in [0.717, 1.165) is 0 Å². The van der Waals surface area contributed by atoms with Crippen molar-refractivity contribution in [2.24, 2.45) is 0 Å². The van der Waals surface area contributed by atoms with Crippen LogP contribution in [-0.2, 0) is 10.7 Å². The van der Waals surface area contributed by atoms with Crippen LogP contribution in [0.3, 0.4) is 0 Å². The molecule has 0 saturated carbocycles. The first-order chi connectivity index (χ1) is 11.0. The molecule has 0 unspecified atom stereocenters. The number of aromatic nitrogens is 3. The summed E-state index contributed by atoms with van der Waals surface area (Å²) in [5.74, 6) is 0. The normalized spacial score (nSPS) is 11.4. The molecule has 0 aliphatic heterocycles. The summed E-state index contributed by atoms with van der Waals surface area (Å²) < 4.78 is 11.3. The molecule has 3 aromatic heterocycles. The lowest BCUT2D eigenvalue weighted by Crippen LogP contribution is -1.96. The lowest BCUT2D eigenvalue weighted by Gasteiger charge is -2.09. The van der Waals surface area contributed by atoms with Crippen LogP contribution in [0, 0.1) is 0 Å². The second-order valence-corrected chi connectivity index (χ2v) is 6.64. The largest absolute Gasteiger partial charge is 0.329 e. The zero-order chi connectivity index (χ0) is 16.3. The van der Waals surface area contributed by atoms with E-state index in [-0.39, 0.29) is 6.16 Å². The van der Waals surface area contributed by atoms with Crippen LogP contribution in [0.4, 0.5) is 0 Å².